The van der Waals surface area contributed by atoms with Gasteiger partial charge in [0, 0.05) is 46.7 Å². The highest BCUT2D eigenvalue weighted by molar-refractivity contribution is 5.76. The molecule has 3 heterocycles. The summed E-state index contributed by atoms with van der Waals surface area (Å²) in [6.45, 7) is 4.38. The molecule has 3 rings (SSSR count). The van der Waals surface area contributed by atoms with E-state index in [1.807, 2.05) is 16.7 Å². The molecule has 0 saturated carbocycles. The molecule has 0 aliphatic carbocycles. The van der Waals surface area contributed by atoms with E-state index in [0.717, 1.165) is 4.57 Å². The lowest BCUT2D eigenvalue weighted by molar-refractivity contribution is -0.131. The number of imidazole rings is 1. The predicted molar refractivity (Wildman–Crippen MR) is 85.7 cm³/mol. The predicted octanol–water partition coefficient (Wildman–Crippen LogP) is -0.981. The summed E-state index contributed by atoms with van der Waals surface area (Å²) in [5, 5.41) is 0. The van der Waals surface area contributed by atoms with Crippen LogP contribution in [0.5, 0.6) is 0 Å². The molecule has 1 saturated heterocycles. The van der Waals surface area contributed by atoms with E-state index in [1.165, 1.54) is 11.6 Å². The molecule has 124 valence electrons. The Labute approximate surface area is 132 Å². The lowest BCUT2D eigenvalue weighted by atomic mass is 10.3. The normalized spacial score (nSPS) is 15.4. The molecule has 0 atom stereocenters. The van der Waals surface area contributed by atoms with Gasteiger partial charge in [0.25, 0.3) is 5.56 Å². The molecule has 2 aromatic rings. The maximum atomic E-state index is 12.2. The molecule has 1 amide bonds. The Morgan fingerprint density at radius 3 is 2.39 bits per heavy atom. The van der Waals surface area contributed by atoms with Crippen LogP contribution < -0.4 is 16.1 Å². The fraction of sp³-hybridized carbons (Fsp3) is 0.571. The number of hydrogen-bond donors (Lipinski definition) is 1. The van der Waals surface area contributed by atoms with Gasteiger partial charge in [-0.3, -0.25) is 18.7 Å². The van der Waals surface area contributed by atoms with E-state index in [4.69, 9.17) is 0 Å². The van der Waals surface area contributed by atoms with Crippen molar-refractivity contribution in [2.24, 2.45) is 14.1 Å². The molecule has 23 heavy (non-hydrogen) atoms. The molecule has 0 aromatic carbocycles. The van der Waals surface area contributed by atoms with Crippen LogP contribution in [-0.4, -0.2) is 56.1 Å². The third kappa shape index (κ3) is 2.41. The maximum absolute atomic E-state index is 12.2. The summed E-state index contributed by atoms with van der Waals surface area (Å²) in [4.78, 5) is 47.1. The van der Waals surface area contributed by atoms with E-state index in [1.54, 1.807) is 7.05 Å². The quantitative estimate of drug-likeness (QED) is 0.767. The van der Waals surface area contributed by atoms with Gasteiger partial charge in [-0.15, -0.1) is 0 Å². The number of H-pyrrole nitrogens is 1. The number of aryl methyl sites for hydroxylation is 1. The third-order valence-corrected chi connectivity index (χ3v) is 4.32. The summed E-state index contributed by atoms with van der Waals surface area (Å²) in [7, 11) is 3.03. The monoisotopic (exact) mass is 320 g/mol. The number of piperazine rings is 1. The summed E-state index contributed by atoms with van der Waals surface area (Å²) in [5.41, 5.74) is -0.127. The molecule has 1 N–H and O–H groups in total. The van der Waals surface area contributed by atoms with E-state index >= 15 is 0 Å². The van der Waals surface area contributed by atoms with E-state index < -0.39 is 5.69 Å². The molecule has 0 unspecified atom stereocenters. The topological polar surface area (TPSA) is 96.2 Å². The number of nitrogens with one attached hydrogen (secondary N) is 1. The Bertz CT molecular complexity index is 869. The van der Waals surface area contributed by atoms with Crippen LogP contribution in [0.4, 0.5) is 5.95 Å². The van der Waals surface area contributed by atoms with Crippen LogP contribution in [0.3, 0.4) is 0 Å². The lowest BCUT2D eigenvalue weighted by Gasteiger charge is -2.34. The van der Waals surface area contributed by atoms with Crippen molar-refractivity contribution >= 4 is 23.0 Å². The van der Waals surface area contributed by atoms with Crippen molar-refractivity contribution < 1.29 is 4.79 Å². The van der Waals surface area contributed by atoms with Gasteiger partial charge in [0.2, 0.25) is 11.9 Å². The van der Waals surface area contributed by atoms with Gasteiger partial charge in [-0.05, 0) is 0 Å². The first-order chi connectivity index (χ1) is 10.9. The molecule has 2 aromatic heterocycles. The lowest BCUT2D eigenvalue weighted by Crippen LogP contribution is -2.49. The van der Waals surface area contributed by atoms with Crippen molar-refractivity contribution in [1.29, 1.82) is 0 Å². The molecule has 0 bridgehead atoms. The largest absolute Gasteiger partial charge is 0.339 e. The van der Waals surface area contributed by atoms with Gasteiger partial charge >= 0.3 is 5.69 Å². The highest BCUT2D eigenvalue weighted by atomic mass is 16.2. The van der Waals surface area contributed by atoms with Crippen molar-refractivity contribution in [3.05, 3.63) is 20.8 Å². The zero-order chi connectivity index (χ0) is 16.7. The molecule has 1 aliphatic heterocycles. The first-order valence-corrected chi connectivity index (χ1v) is 7.62. The molecule has 9 heteroatoms. The van der Waals surface area contributed by atoms with E-state index in [9.17, 15) is 14.4 Å². The molecule has 1 aliphatic rings. The highest BCUT2D eigenvalue weighted by Crippen LogP contribution is 2.15. The molecule has 0 spiro atoms. The van der Waals surface area contributed by atoms with Crippen molar-refractivity contribution in [2.45, 2.75) is 13.3 Å². The Balaban J connectivity index is 1.93. The number of fused-ring (bicyclic) bond motifs is 1. The number of aromatic nitrogens is 4. The Morgan fingerprint density at radius 2 is 1.78 bits per heavy atom. The highest BCUT2D eigenvalue weighted by Gasteiger charge is 2.23. The first-order valence-electron chi connectivity index (χ1n) is 7.62. The first kappa shape index (κ1) is 15.3. The minimum Gasteiger partial charge on any atom is -0.339 e. The number of amides is 1. The van der Waals surface area contributed by atoms with Crippen LogP contribution in [0.2, 0.25) is 0 Å². The van der Waals surface area contributed by atoms with E-state index in [0.29, 0.717) is 49.7 Å². The van der Waals surface area contributed by atoms with Crippen molar-refractivity contribution in [3.63, 3.8) is 0 Å². The number of aromatic amines is 1. The Morgan fingerprint density at radius 1 is 1.13 bits per heavy atom. The summed E-state index contributed by atoms with van der Waals surface area (Å²) < 4.78 is 2.41. The van der Waals surface area contributed by atoms with Crippen LogP contribution in [0.15, 0.2) is 9.59 Å². The standard InChI is InChI=1S/C14H20N6O3/c1-4-9(21)19-5-7-20(8-6-19)13-15-10-11(16-13)17(2)14(23)18(3)12(10)22/h4-8H2,1-3H3,(H,15,16). The second-order valence-electron chi connectivity index (χ2n) is 5.69. The number of carbonyl (C=O) groups excluding carboxylic acids is 1. The number of hydrogen-bond acceptors (Lipinski definition) is 5. The fourth-order valence-corrected chi connectivity index (χ4v) is 2.85. The fourth-order valence-electron chi connectivity index (χ4n) is 2.85. The van der Waals surface area contributed by atoms with Gasteiger partial charge in [0.1, 0.15) is 0 Å². The summed E-state index contributed by atoms with van der Waals surface area (Å²) in [6, 6.07) is 0. The number of rotatable bonds is 2. The Hall–Kier alpha value is -2.58. The zero-order valence-corrected chi connectivity index (χ0v) is 13.5. The minimum atomic E-state index is -0.404. The van der Waals surface area contributed by atoms with Crippen LogP contribution in [-0.2, 0) is 18.9 Å². The van der Waals surface area contributed by atoms with Gasteiger partial charge < -0.3 is 14.8 Å². The van der Waals surface area contributed by atoms with Crippen LogP contribution in [0, 0.1) is 0 Å². The number of anilines is 1. The SMILES string of the molecule is CCC(=O)N1CCN(c2nc3c([nH]2)c(=O)n(C)c(=O)n3C)CC1. The molecular formula is C14H20N6O3. The summed E-state index contributed by atoms with van der Waals surface area (Å²) in [6.07, 6.45) is 0.503. The molecule has 9 nitrogen and oxygen atoms in total. The molecular weight excluding hydrogens is 300 g/mol. The van der Waals surface area contributed by atoms with Gasteiger partial charge in [0.15, 0.2) is 11.2 Å². The van der Waals surface area contributed by atoms with E-state index in [-0.39, 0.29) is 11.5 Å². The van der Waals surface area contributed by atoms with Crippen LogP contribution in [0.1, 0.15) is 13.3 Å². The summed E-state index contributed by atoms with van der Waals surface area (Å²) in [5.74, 6) is 0.701. The van der Waals surface area contributed by atoms with E-state index in [2.05, 4.69) is 9.97 Å². The van der Waals surface area contributed by atoms with Crippen LogP contribution >= 0.6 is 0 Å². The Kier molecular flexibility index (Phi) is 3.70. The van der Waals surface area contributed by atoms with Crippen LogP contribution in [0.25, 0.3) is 11.2 Å². The van der Waals surface area contributed by atoms with Crippen molar-refractivity contribution in [3.8, 4) is 0 Å². The average molecular weight is 320 g/mol. The van der Waals surface area contributed by atoms with Gasteiger partial charge in [-0.25, -0.2) is 4.79 Å². The minimum absolute atomic E-state index is 0.144. The smallest absolute Gasteiger partial charge is 0.332 e. The van der Waals surface area contributed by atoms with Crippen molar-refractivity contribution in [1.82, 2.24) is 24.0 Å². The third-order valence-electron chi connectivity index (χ3n) is 4.32. The van der Waals surface area contributed by atoms with Crippen molar-refractivity contribution in [2.75, 3.05) is 31.1 Å². The second-order valence-corrected chi connectivity index (χ2v) is 5.69. The maximum Gasteiger partial charge on any atom is 0.332 e. The molecule has 0 radical (unpaired) electrons. The van der Waals surface area contributed by atoms with Gasteiger partial charge in [-0.2, -0.15) is 4.98 Å². The zero-order valence-electron chi connectivity index (χ0n) is 13.5. The number of carbonyl (C=O) groups is 1. The van der Waals surface area contributed by atoms with Gasteiger partial charge in [-0.1, -0.05) is 6.92 Å². The average Bonchev–Trinajstić information content (AvgIpc) is 3.03. The second kappa shape index (κ2) is 5.56. The molecule has 1 fully saturated rings. The number of nitrogens with zero attached hydrogens (tertiary/aromatic N) is 5. The summed E-state index contributed by atoms with van der Waals surface area (Å²) >= 11 is 0. The van der Waals surface area contributed by atoms with Gasteiger partial charge in [0.05, 0.1) is 0 Å².